The molecule has 2 aromatic rings. The second kappa shape index (κ2) is 20.6. The highest BCUT2D eigenvalue weighted by Crippen LogP contribution is 2.33. The molecule has 2 aliphatic rings. The highest BCUT2D eigenvalue weighted by molar-refractivity contribution is 6.38. The average Bonchev–Trinajstić information content (AvgIpc) is 3.63. The van der Waals surface area contributed by atoms with Gasteiger partial charge in [-0.05, 0) is 49.0 Å². The summed E-state index contributed by atoms with van der Waals surface area (Å²) in [5.41, 5.74) is 0.819. The van der Waals surface area contributed by atoms with E-state index >= 15 is 0 Å². The van der Waals surface area contributed by atoms with Crippen molar-refractivity contribution in [2.45, 2.75) is 122 Å². The molecule has 0 radical (unpaired) electrons. The largest absolute Gasteiger partial charge is 0.480 e. The molecule has 0 spiro atoms. The molecule has 1 aliphatic carbocycles. The number of nitrogens with zero attached hydrogens (tertiary/aromatic N) is 3. The number of carboxylic acid groups (broad SMARTS) is 1. The number of nitrogens with one attached hydrogen (secondary N) is 3. The van der Waals surface area contributed by atoms with Gasteiger partial charge in [0.25, 0.3) is 5.91 Å². The van der Waals surface area contributed by atoms with Crippen LogP contribution in [0.2, 0.25) is 0 Å². The van der Waals surface area contributed by atoms with Crippen molar-refractivity contribution >= 4 is 41.2 Å². The van der Waals surface area contributed by atoms with Crippen LogP contribution in [0.1, 0.15) is 108 Å². The maximum absolute atomic E-state index is 14.6. The van der Waals surface area contributed by atoms with Gasteiger partial charge in [-0.2, -0.15) is 0 Å². The van der Waals surface area contributed by atoms with Gasteiger partial charge in [0.2, 0.25) is 23.5 Å². The summed E-state index contributed by atoms with van der Waals surface area (Å²) in [5.74, 6) is -6.50. The molecule has 1 saturated carbocycles. The van der Waals surface area contributed by atoms with Crippen molar-refractivity contribution in [1.29, 1.82) is 0 Å². The van der Waals surface area contributed by atoms with E-state index in [-0.39, 0.29) is 60.9 Å². The van der Waals surface area contributed by atoms with Gasteiger partial charge >= 0.3 is 5.97 Å². The lowest BCUT2D eigenvalue weighted by molar-refractivity contribution is -0.146. The molecule has 4 N–H and O–H groups in total. The van der Waals surface area contributed by atoms with E-state index in [1.807, 2.05) is 20.8 Å². The van der Waals surface area contributed by atoms with Gasteiger partial charge in [0.1, 0.15) is 23.8 Å². The standard InChI is InChI=1S/C41H56N6O8/c1-5-13-30(36(49)39(52)45-31(41(54)55)22-26-14-9-7-10-15-26)44-38(51)35-27(6-2)18-21-47(35)40(53)34(28-16-11-8-12-17-28)46-37(50)29(25(3)4)23-33(48)32-24-42-19-20-43-32/h7,9-10,14-15,19-20,24-25,27-31,34-35H,5-6,8,11-13,16-18,21-23H2,1-4H3,(H,44,51)(H,45,52)(H,46,50)(H,54,55)/t27-,29-,30?,31-,34-,35-/m0/s1. The molecular formula is C41H56N6O8. The summed E-state index contributed by atoms with van der Waals surface area (Å²) in [6.45, 7) is 7.67. The van der Waals surface area contributed by atoms with Crippen LogP contribution in [0.5, 0.6) is 0 Å². The third-order valence-corrected chi connectivity index (χ3v) is 11.0. The summed E-state index contributed by atoms with van der Waals surface area (Å²) in [7, 11) is 0. The Labute approximate surface area is 323 Å². The monoisotopic (exact) mass is 760 g/mol. The summed E-state index contributed by atoms with van der Waals surface area (Å²) >= 11 is 0. The molecular weight excluding hydrogens is 704 g/mol. The van der Waals surface area contributed by atoms with Crippen molar-refractivity contribution in [1.82, 2.24) is 30.8 Å². The summed E-state index contributed by atoms with van der Waals surface area (Å²) in [5, 5.41) is 17.9. The fraction of sp³-hybridized carbons (Fsp3) is 0.585. The molecule has 4 amide bonds. The van der Waals surface area contributed by atoms with Crippen molar-refractivity contribution in [3.8, 4) is 0 Å². The molecule has 14 nitrogen and oxygen atoms in total. The number of Topliss-reactive ketones (excluding diaryl/α,β-unsaturated/α-hetero) is 2. The fourth-order valence-electron chi connectivity index (χ4n) is 7.80. The maximum Gasteiger partial charge on any atom is 0.326 e. The highest BCUT2D eigenvalue weighted by Gasteiger charge is 2.46. The predicted octanol–water partition coefficient (Wildman–Crippen LogP) is 3.68. The van der Waals surface area contributed by atoms with Gasteiger partial charge < -0.3 is 26.0 Å². The second-order valence-electron chi connectivity index (χ2n) is 15.2. The molecule has 298 valence electrons. The third-order valence-electron chi connectivity index (χ3n) is 11.0. The number of likely N-dealkylation sites (tertiary alicyclic amines) is 1. The van der Waals surface area contributed by atoms with Gasteiger partial charge in [-0.15, -0.1) is 0 Å². The van der Waals surface area contributed by atoms with E-state index < -0.39 is 59.6 Å². The molecule has 4 rings (SSSR count). The van der Waals surface area contributed by atoms with Gasteiger partial charge in [0.05, 0.1) is 12.2 Å². The maximum atomic E-state index is 14.6. The van der Waals surface area contributed by atoms with Crippen molar-refractivity contribution in [2.24, 2.45) is 23.7 Å². The lowest BCUT2D eigenvalue weighted by Crippen LogP contribution is -2.59. The predicted molar refractivity (Wildman–Crippen MR) is 203 cm³/mol. The molecule has 14 heteroatoms. The molecule has 1 aliphatic heterocycles. The molecule has 2 heterocycles. The molecule has 6 atom stereocenters. The first-order valence-corrected chi connectivity index (χ1v) is 19.7. The van der Waals surface area contributed by atoms with Gasteiger partial charge in [0, 0.05) is 37.7 Å². The fourth-order valence-corrected chi connectivity index (χ4v) is 7.80. The van der Waals surface area contributed by atoms with E-state index in [1.54, 1.807) is 37.3 Å². The van der Waals surface area contributed by atoms with E-state index in [4.69, 9.17) is 0 Å². The van der Waals surface area contributed by atoms with Gasteiger partial charge in [-0.1, -0.05) is 90.1 Å². The Bertz CT molecular complexity index is 1650. The van der Waals surface area contributed by atoms with E-state index in [1.165, 1.54) is 23.5 Å². The number of aliphatic carboxylic acids is 1. The Morgan fingerprint density at radius 2 is 1.60 bits per heavy atom. The van der Waals surface area contributed by atoms with Crippen LogP contribution in [0.3, 0.4) is 0 Å². The van der Waals surface area contributed by atoms with E-state index in [2.05, 4.69) is 25.9 Å². The van der Waals surface area contributed by atoms with Gasteiger partial charge in [-0.3, -0.25) is 33.8 Å². The zero-order valence-corrected chi connectivity index (χ0v) is 32.4. The van der Waals surface area contributed by atoms with Gasteiger partial charge in [-0.25, -0.2) is 9.78 Å². The minimum Gasteiger partial charge on any atom is -0.480 e. The van der Waals surface area contributed by atoms with Crippen LogP contribution in [-0.2, 0) is 35.2 Å². The number of amides is 4. The molecule has 0 bridgehead atoms. The van der Waals surface area contributed by atoms with Crippen molar-refractivity contribution in [2.75, 3.05) is 6.54 Å². The van der Waals surface area contributed by atoms with E-state index in [0.717, 1.165) is 19.3 Å². The molecule has 1 unspecified atom stereocenters. The number of ketones is 2. The minimum absolute atomic E-state index is 0.0358. The van der Waals surface area contributed by atoms with E-state index in [9.17, 15) is 38.7 Å². The van der Waals surface area contributed by atoms with Gasteiger partial charge in [0.15, 0.2) is 5.78 Å². The summed E-state index contributed by atoms with van der Waals surface area (Å²) in [6.07, 6.45) is 9.96. The van der Waals surface area contributed by atoms with Crippen LogP contribution >= 0.6 is 0 Å². The Morgan fingerprint density at radius 1 is 0.891 bits per heavy atom. The van der Waals surface area contributed by atoms with Crippen LogP contribution < -0.4 is 16.0 Å². The SMILES string of the molecule is CCCC(NC(=O)[C@@H]1[C@@H](CC)CCN1C(=O)[C@@H](NC(=O)[C@@H](CC(=O)c1cnccn1)C(C)C)C1CCCCC1)C(=O)C(=O)N[C@@H](Cc1ccccc1)C(=O)O. The molecule has 1 aromatic heterocycles. The molecule has 55 heavy (non-hydrogen) atoms. The van der Waals surface area contributed by atoms with Crippen LogP contribution in [-0.4, -0.2) is 91.9 Å². The number of aromatic nitrogens is 2. The van der Waals surface area contributed by atoms with Crippen LogP contribution in [0.25, 0.3) is 0 Å². The Hall–Kier alpha value is -5.01. The number of rotatable bonds is 19. The van der Waals surface area contributed by atoms with Crippen molar-refractivity contribution < 1.29 is 38.7 Å². The van der Waals surface area contributed by atoms with Crippen LogP contribution in [0.15, 0.2) is 48.9 Å². The third kappa shape index (κ3) is 11.5. The quantitative estimate of drug-likeness (QED) is 0.121. The number of carbonyl (C=O) groups is 7. The molecule has 2 fully saturated rings. The highest BCUT2D eigenvalue weighted by atomic mass is 16.4. The summed E-state index contributed by atoms with van der Waals surface area (Å²) in [4.78, 5) is 104. The number of benzene rings is 1. The Balaban J connectivity index is 1.53. The Kier molecular flexibility index (Phi) is 16.0. The number of carbonyl (C=O) groups excluding carboxylic acids is 6. The normalized spacial score (nSPS) is 19.5. The topological polar surface area (TPSA) is 205 Å². The lowest BCUT2D eigenvalue weighted by atomic mass is 9.82. The molecule has 1 saturated heterocycles. The summed E-state index contributed by atoms with van der Waals surface area (Å²) in [6, 6.07) is 4.22. The minimum atomic E-state index is -1.36. The number of hydrogen-bond donors (Lipinski definition) is 4. The first kappa shape index (κ1) is 42.7. The first-order valence-electron chi connectivity index (χ1n) is 19.7. The number of carboxylic acids is 1. The summed E-state index contributed by atoms with van der Waals surface area (Å²) < 4.78 is 0. The Morgan fingerprint density at radius 3 is 2.20 bits per heavy atom. The first-order chi connectivity index (χ1) is 26.4. The second-order valence-corrected chi connectivity index (χ2v) is 15.2. The van der Waals surface area contributed by atoms with E-state index in [0.29, 0.717) is 37.7 Å². The average molecular weight is 761 g/mol. The smallest absolute Gasteiger partial charge is 0.326 e. The number of hydrogen-bond acceptors (Lipinski definition) is 9. The van der Waals surface area contributed by atoms with Crippen molar-refractivity contribution in [3.05, 3.63) is 60.2 Å². The lowest BCUT2D eigenvalue weighted by Gasteiger charge is -2.36. The van der Waals surface area contributed by atoms with Crippen LogP contribution in [0.4, 0.5) is 0 Å². The zero-order valence-electron chi connectivity index (χ0n) is 32.4. The van der Waals surface area contributed by atoms with Crippen molar-refractivity contribution in [3.63, 3.8) is 0 Å². The van der Waals surface area contributed by atoms with Crippen LogP contribution in [0, 0.1) is 23.7 Å². The zero-order chi connectivity index (χ0) is 40.1. The molecule has 1 aromatic carbocycles.